The summed E-state index contributed by atoms with van der Waals surface area (Å²) in [6.45, 7) is 0. The van der Waals surface area contributed by atoms with E-state index in [9.17, 15) is 14.4 Å². The third-order valence-corrected chi connectivity index (χ3v) is 4.84. The van der Waals surface area contributed by atoms with Gasteiger partial charge in [0, 0.05) is 22.9 Å². The fourth-order valence-electron chi connectivity index (χ4n) is 3.19. The number of Topliss-reactive ketones (excluding diaryl/α,β-unsaturated/α-hetero) is 1. The van der Waals surface area contributed by atoms with E-state index in [1.165, 1.54) is 6.07 Å². The first-order valence-electron chi connectivity index (χ1n) is 9.64. The summed E-state index contributed by atoms with van der Waals surface area (Å²) in [7, 11) is 1.57. The summed E-state index contributed by atoms with van der Waals surface area (Å²) < 4.78 is 10.8. The Labute approximate surface area is 178 Å². The Balaban J connectivity index is 1.45. The number of ether oxygens (including phenoxy) is 1. The van der Waals surface area contributed by atoms with Crippen LogP contribution in [0.4, 0.5) is 5.69 Å². The third kappa shape index (κ3) is 4.53. The lowest BCUT2D eigenvalue weighted by Gasteiger charge is -2.07. The highest BCUT2D eigenvalue weighted by Crippen LogP contribution is 2.17. The van der Waals surface area contributed by atoms with Gasteiger partial charge in [-0.3, -0.25) is 14.4 Å². The van der Waals surface area contributed by atoms with Crippen LogP contribution in [0.15, 0.2) is 88.1 Å². The van der Waals surface area contributed by atoms with E-state index in [1.54, 1.807) is 79.9 Å². The van der Waals surface area contributed by atoms with Crippen molar-refractivity contribution in [3.63, 3.8) is 0 Å². The lowest BCUT2D eigenvalue weighted by atomic mass is 10.0. The number of anilines is 1. The second-order valence-corrected chi connectivity index (χ2v) is 6.93. The molecule has 0 bridgehead atoms. The van der Waals surface area contributed by atoms with Crippen LogP contribution >= 0.6 is 0 Å². The molecule has 6 heteroatoms. The Morgan fingerprint density at radius 2 is 1.58 bits per heavy atom. The van der Waals surface area contributed by atoms with Crippen LogP contribution in [0, 0.1) is 0 Å². The molecule has 0 aliphatic heterocycles. The highest BCUT2D eigenvalue weighted by Gasteiger charge is 2.13. The highest BCUT2D eigenvalue weighted by atomic mass is 16.5. The second-order valence-electron chi connectivity index (χ2n) is 6.93. The molecule has 4 aromatic rings. The van der Waals surface area contributed by atoms with Gasteiger partial charge in [0.1, 0.15) is 17.1 Å². The summed E-state index contributed by atoms with van der Waals surface area (Å²) in [6, 6.07) is 21.6. The van der Waals surface area contributed by atoms with Crippen molar-refractivity contribution < 1.29 is 18.7 Å². The Bertz CT molecular complexity index is 1300. The van der Waals surface area contributed by atoms with Gasteiger partial charge in [-0.15, -0.1) is 0 Å². The SMILES string of the molecule is COc1ccc(NC(=O)c2ccc(C(=O)Cc3cc(=O)c4ccccc4o3)cc2)cc1. The molecule has 4 rings (SSSR count). The second kappa shape index (κ2) is 8.67. The zero-order valence-corrected chi connectivity index (χ0v) is 16.8. The molecular weight excluding hydrogens is 394 g/mol. The van der Waals surface area contributed by atoms with Crippen molar-refractivity contribution >= 4 is 28.3 Å². The lowest BCUT2D eigenvalue weighted by molar-refractivity contribution is 0.0983. The smallest absolute Gasteiger partial charge is 0.255 e. The minimum Gasteiger partial charge on any atom is -0.497 e. The first-order chi connectivity index (χ1) is 15.0. The van der Waals surface area contributed by atoms with Gasteiger partial charge in [0.05, 0.1) is 18.9 Å². The number of para-hydroxylation sites is 1. The molecule has 0 aliphatic carbocycles. The summed E-state index contributed by atoms with van der Waals surface area (Å²) >= 11 is 0. The normalized spacial score (nSPS) is 10.6. The van der Waals surface area contributed by atoms with E-state index in [-0.39, 0.29) is 23.5 Å². The fraction of sp³-hybridized carbons (Fsp3) is 0.0800. The zero-order valence-electron chi connectivity index (χ0n) is 16.8. The summed E-state index contributed by atoms with van der Waals surface area (Å²) in [4.78, 5) is 37.2. The molecule has 0 radical (unpaired) electrons. The molecule has 1 heterocycles. The maximum absolute atomic E-state index is 12.6. The molecule has 1 aromatic heterocycles. The Hall–Kier alpha value is -4.19. The number of ketones is 1. The predicted octanol–water partition coefficient (Wildman–Crippen LogP) is 4.48. The van der Waals surface area contributed by atoms with Crippen molar-refractivity contribution in [3.05, 3.63) is 106 Å². The Kier molecular flexibility index (Phi) is 5.62. The topological polar surface area (TPSA) is 85.6 Å². The number of rotatable bonds is 6. The van der Waals surface area contributed by atoms with E-state index in [2.05, 4.69) is 5.32 Å². The lowest BCUT2D eigenvalue weighted by Crippen LogP contribution is -2.12. The maximum Gasteiger partial charge on any atom is 0.255 e. The predicted molar refractivity (Wildman–Crippen MR) is 118 cm³/mol. The standard InChI is InChI=1S/C25H19NO5/c1-30-19-12-10-18(11-13-19)26-25(29)17-8-6-16(7-9-17)22(27)14-20-15-23(28)21-4-2-3-5-24(21)31-20/h2-13,15H,14H2,1H3,(H,26,29). The monoisotopic (exact) mass is 413 g/mol. The van der Waals surface area contributed by atoms with Gasteiger partial charge in [-0.05, 0) is 48.5 Å². The van der Waals surface area contributed by atoms with Crippen LogP contribution in [0.2, 0.25) is 0 Å². The molecule has 0 atom stereocenters. The molecular formula is C25H19NO5. The van der Waals surface area contributed by atoms with Crippen molar-refractivity contribution in [2.24, 2.45) is 0 Å². The van der Waals surface area contributed by atoms with Gasteiger partial charge in [0.25, 0.3) is 5.91 Å². The van der Waals surface area contributed by atoms with E-state index in [0.717, 1.165) is 0 Å². The molecule has 0 aliphatic rings. The van der Waals surface area contributed by atoms with Gasteiger partial charge >= 0.3 is 0 Å². The first-order valence-corrected chi connectivity index (χ1v) is 9.64. The van der Waals surface area contributed by atoms with Crippen LogP contribution in [-0.4, -0.2) is 18.8 Å². The quantitative estimate of drug-likeness (QED) is 0.471. The highest BCUT2D eigenvalue weighted by molar-refractivity contribution is 6.05. The van der Waals surface area contributed by atoms with Crippen LogP contribution in [0.3, 0.4) is 0 Å². The van der Waals surface area contributed by atoms with Crippen LogP contribution in [0.1, 0.15) is 26.5 Å². The number of benzene rings is 3. The van der Waals surface area contributed by atoms with Gasteiger partial charge in [-0.25, -0.2) is 0 Å². The van der Waals surface area contributed by atoms with Crippen molar-refractivity contribution in [1.29, 1.82) is 0 Å². The van der Waals surface area contributed by atoms with Crippen LogP contribution in [0.5, 0.6) is 5.75 Å². The van der Waals surface area contributed by atoms with E-state index in [1.807, 2.05) is 0 Å². The number of carbonyl (C=O) groups excluding carboxylic acids is 2. The molecule has 31 heavy (non-hydrogen) atoms. The zero-order chi connectivity index (χ0) is 21.8. The number of nitrogens with one attached hydrogen (secondary N) is 1. The average molecular weight is 413 g/mol. The Morgan fingerprint density at radius 1 is 0.903 bits per heavy atom. The van der Waals surface area contributed by atoms with Crippen LogP contribution < -0.4 is 15.5 Å². The molecule has 0 saturated carbocycles. The van der Waals surface area contributed by atoms with Gasteiger partial charge < -0.3 is 14.5 Å². The van der Waals surface area contributed by atoms with Crippen molar-refractivity contribution in [3.8, 4) is 5.75 Å². The Morgan fingerprint density at radius 3 is 2.29 bits per heavy atom. The fourth-order valence-corrected chi connectivity index (χ4v) is 3.19. The van der Waals surface area contributed by atoms with Crippen molar-refractivity contribution in [2.75, 3.05) is 12.4 Å². The minimum atomic E-state index is -0.287. The summed E-state index contributed by atoms with van der Waals surface area (Å²) in [5.41, 5.74) is 1.75. The molecule has 154 valence electrons. The van der Waals surface area contributed by atoms with Crippen molar-refractivity contribution in [2.45, 2.75) is 6.42 Å². The molecule has 1 N–H and O–H groups in total. The molecule has 0 fully saturated rings. The number of hydrogen-bond acceptors (Lipinski definition) is 5. The summed E-state index contributed by atoms with van der Waals surface area (Å²) in [6.07, 6.45) is -0.0442. The van der Waals surface area contributed by atoms with Crippen molar-refractivity contribution in [1.82, 2.24) is 0 Å². The third-order valence-electron chi connectivity index (χ3n) is 4.84. The molecule has 3 aromatic carbocycles. The largest absolute Gasteiger partial charge is 0.497 e. The summed E-state index contributed by atoms with van der Waals surface area (Å²) in [5.74, 6) is 0.503. The van der Waals surface area contributed by atoms with E-state index >= 15 is 0 Å². The molecule has 6 nitrogen and oxygen atoms in total. The van der Waals surface area contributed by atoms with Gasteiger partial charge in [0.15, 0.2) is 11.2 Å². The summed E-state index contributed by atoms with van der Waals surface area (Å²) in [5, 5.41) is 3.27. The number of carbonyl (C=O) groups is 2. The van der Waals surface area contributed by atoms with E-state index in [4.69, 9.17) is 9.15 Å². The number of fused-ring (bicyclic) bond motifs is 1. The molecule has 0 spiro atoms. The van der Waals surface area contributed by atoms with Gasteiger partial charge in [0.2, 0.25) is 0 Å². The van der Waals surface area contributed by atoms with Crippen LogP contribution in [0.25, 0.3) is 11.0 Å². The molecule has 0 saturated heterocycles. The number of methoxy groups -OCH3 is 1. The van der Waals surface area contributed by atoms with E-state index in [0.29, 0.717) is 39.3 Å². The average Bonchev–Trinajstić information content (AvgIpc) is 2.79. The number of amides is 1. The maximum atomic E-state index is 12.6. The molecule has 0 unspecified atom stereocenters. The number of hydrogen-bond donors (Lipinski definition) is 1. The molecule has 1 amide bonds. The van der Waals surface area contributed by atoms with Gasteiger partial charge in [-0.2, -0.15) is 0 Å². The minimum absolute atomic E-state index is 0.0442. The van der Waals surface area contributed by atoms with E-state index < -0.39 is 0 Å². The first kappa shape index (κ1) is 20.1. The van der Waals surface area contributed by atoms with Crippen LogP contribution in [-0.2, 0) is 6.42 Å². The van der Waals surface area contributed by atoms with Gasteiger partial charge in [-0.1, -0.05) is 24.3 Å².